The van der Waals surface area contributed by atoms with Gasteiger partial charge in [0.05, 0.1) is 12.0 Å². The third kappa shape index (κ3) is 2.80. The second-order valence-electron chi connectivity index (χ2n) is 8.87. The number of hydrogen-bond acceptors (Lipinski definition) is 4. The molecule has 4 N–H and O–H groups in total. The minimum Gasteiger partial charge on any atom is -0.396 e. The number of aliphatic hydroxyl groups excluding tert-OH is 1. The topological polar surface area (TPSA) is 105 Å². The summed E-state index contributed by atoms with van der Waals surface area (Å²) >= 11 is 0. The number of aromatic nitrogens is 1. The van der Waals surface area contributed by atoms with Crippen LogP contribution in [0.3, 0.4) is 0 Å². The fraction of sp³-hybridized carbons (Fsp3) is 0.650. The Morgan fingerprint density at radius 1 is 1.31 bits per heavy atom. The molecule has 5 rings (SSSR count). The summed E-state index contributed by atoms with van der Waals surface area (Å²) in [5.74, 6) is 0.427. The van der Waals surface area contributed by atoms with Crippen LogP contribution >= 0.6 is 0 Å². The highest BCUT2D eigenvalue weighted by Crippen LogP contribution is 2.61. The highest BCUT2D eigenvalue weighted by atomic mass is 16.3. The lowest BCUT2D eigenvalue weighted by molar-refractivity contribution is -0.146. The number of nitrogens with one attached hydrogen (secondary N) is 1. The second-order valence-corrected chi connectivity index (χ2v) is 8.87. The molecule has 1 heterocycles. The Balaban J connectivity index is 1.57. The number of rotatable bonds is 5. The third-order valence-electron chi connectivity index (χ3n) is 6.74. The molecule has 0 aromatic carbocycles. The van der Waals surface area contributed by atoms with Gasteiger partial charge >= 0.3 is 0 Å². The van der Waals surface area contributed by atoms with Crippen LogP contribution in [0.4, 0.5) is 0 Å². The third-order valence-corrected chi connectivity index (χ3v) is 6.74. The van der Waals surface area contributed by atoms with Gasteiger partial charge in [0.2, 0.25) is 5.91 Å². The van der Waals surface area contributed by atoms with Crippen molar-refractivity contribution >= 4 is 11.8 Å². The van der Waals surface area contributed by atoms with Crippen molar-refractivity contribution < 1.29 is 14.7 Å². The number of primary amides is 1. The van der Waals surface area contributed by atoms with Gasteiger partial charge in [0, 0.05) is 17.2 Å². The van der Waals surface area contributed by atoms with E-state index in [0.29, 0.717) is 29.6 Å². The maximum atomic E-state index is 12.9. The van der Waals surface area contributed by atoms with Gasteiger partial charge in [-0.15, -0.1) is 0 Å². The van der Waals surface area contributed by atoms with Gasteiger partial charge in [-0.05, 0) is 62.5 Å². The quantitative estimate of drug-likeness (QED) is 0.746. The molecule has 6 heteroatoms. The van der Waals surface area contributed by atoms with Gasteiger partial charge in [-0.3, -0.25) is 9.59 Å². The van der Waals surface area contributed by atoms with E-state index in [0.717, 1.165) is 32.1 Å². The normalized spacial score (nSPS) is 35.9. The molecule has 1 aromatic heterocycles. The van der Waals surface area contributed by atoms with Crippen LogP contribution in [0.5, 0.6) is 0 Å². The Bertz CT molecular complexity index is 734. The van der Waals surface area contributed by atoms with E-state index in [1.165, 1.54) is 0 Å². The number of nitrogens with two attached hydrogens (primary N) is 1. The lowest BCUT2D eigenvalue weighted by Gasteiger charge is -2.61. The van der Waals surface area contributed by atoms with Crippen LogP contribution in [0.15, 0.2) is 18.2 Å². The van der Waals surface area contributed by atoms with Crippen LogP contribution in [0.2, 0.25) is 0 Å². The van der Waals surface area contributed by atoms with E-state index in [9.17, 15) is 14.7 Å². The first-order valence-electron chi connectivity index (χ1n) is 9.55. The summed E-state index contributed by atoms with van der Waals surface area (Å²) in [7, 11) is 0. The van der Waals surface area contributed by atoms with Crippen molar-refractivity contribution in [3.8, 4) is 0 Å². The molecule has 0 radical (unpaired) electrons. The van der Waals surface area contributed by atoms with Crippen LogP contribution in [0, 0.1) is 17.3 Å². The Morgan fingerprint density at radius 2 is 2.00 bits per heavy atom. The molecule has 4 aliphatic rings. The minimum absolute atomic E-state index is 0.00744. The van der Waals surface area contributed by atoms with E-state index in [4.69, 9.17) is 5.73 Å². The van der Waals surface area contributed by atoms with Gasteiger partial charge < -0.3 is 16.2 Å². The predicted octanol–water partition coefficient (Wildman–Crippen LogP) is 1.73. The van der Waals surface area contributed by atoms with Crippen molar-refractivity contribution in [1.82, 2.24) is 10.3 Å². The number of amides is 2. The summed E-state index contributed by atoms with van der Waals surface area (Å²) in [6.45, 7) is 1.87. The van der Waals surface area contributed by atoms with Crippen LogP contribution in [0.1, 0.15) is 67.5 Å². The number of carbonyl (C=O) groups is 2. The van der Waals surface area contributed by atoms with Crippen molar-refractivity contribution in [2.45, 2.75) is 56.9 Å². The Morgan fingerprint density at radius 3 is 2.62 bits per heavy atom. The second kappa shape index (κ2) is 6.05. The van der Waals surface area contributed by atoms with Crippen LogP contribution < -0.4 is 11.1 Å². The first kappa shape index (κ1) is 17.5. The average Bonchev–Trinajstić information content (AvgIpc) is 2.59. The largest absolute Gasteiger partial charge is 0.396 e. The van der Waals surface area contributed by atoms with Crippen molar-refractivity contribution in [3.05, 3.63) is 29.6 Å². The number of hydrogen-bond donors (Lipinski definition) is 3. The molecule has 0 saturated heterocycles. The highest BCUT2D eigenvalue weighted by Gasteiger charge is 2.60. The molecule has 140 valence electrons. The van der Waals surface area contributed by atoms with Crippen molar-refractivity contribution in [3.63, 3.8) is 0 Å². The van der Waals surface area contributed by atoms with E-state index < -0.39 is 5.41 Å². The lowest BCUT2D eigenvalue weighted by Crippen LogP contribution is -2.65. The summed E-state index contributed by atoms with van der Waals surface area (Å²) in [6.07, 6.45) is 5.40. The molecule has 4 aliphatic carbocycles. The first-order chi connectivity index (χ1) is 12.3. The Kier molecular flexibility index (Phi) is 4.06. The van der Waals surface area contributed by atoms with E-state index in [1.54, 1.807) is 12.1 Å². The predicted molar refractivity (Wildman–Crippen MR) is 96.2 cm³/mol. The minimum atomic E-state index is -0.446. The van der Waals surface area contributed by atoms with Crippen molar-refractivity contribution in [1.29, 1.82) is 0 Å². The summed E-state index contributed by atoms with van der Waals surface area (Å²) < 4.78 is 0. The summed E-state index contributed by atoms with van der Waals surface area (Å²) in [5, 5.41) is 12.6. The molecule has 0 aliphatic heterocycles. The molecular formula is C20H27N3O3. The standard InChI is InChI=1S/C20H27N3O3/c1-12(10-24)15-3-2-4-16(22-15)17(25)23-20-8-13-5-14(9-20)7-19(6-13,11-20)18(21)26/h2-4,12-14,24H,5-11H2,1H3,(H2,21,26)(H,23,25). The summed E-state index contributed by atoms with van der Waals surface area (Å²) in [6, 6.07) is 5.33. The molecule has 26 heavy (non-hydrogen) atoms. The van der Waals surface area contributed by atoms with Gasteiger partial charge in [0.15, 0.2) is 0 Å². The van der Waals surface area contributed by atoms with Gasteiger partial charge in [0.1, 0.15) is 5.69 Å². The zero-order chi connectivity index (χ0) is 18.5. The Hall–Kier alpha value is -1.95. The fourth-order valence-corrected chi connectivity index (χ4v) is 5.95. The maximum Gasteiger partial charge on any atom is 0.270 e. The number of nitrogens with zero attached hydrogens (tertiary/aromatic N) is 1. The smallest absolute Gasteiger partial charge is 0.270 e. The van der Waals surface area contributed by atoms with Crippen LogP contribution in [-0.4, -0.2) is 34.1 Å². The summed E-state index contributed by atoms with van der Waals surface area (Å²) in [5.41, 5.74) is 6.06. The molecule has 4 saturated carbocycles. The van der Waals surface area contributed by atoms with Gasteiger partial charge in [0.25, 0.3) is 5.91 Å². The maximum absolute atomic E-state index is 12.9. The van der Waals surface area contributed by atoms with Crippen molar-refractivity contribution in [2.75, 3.05) is 6.61 Å². The monoisotopic (exact) mass is 357 g/mol. The number of pyridine rings is 1. The zero-order valence-corrected chi connectivity index (χ0v) is 15.2. The number of carbonyl (C=O) groups excluding carboxylic acids is 2. The molecule has 4 fully saturated rings. The Labute approximate surface area is 153 Å². The molecular weight excluding hydrogens is 330 g/mol. The molecule has 6 nitrogen and oxygen atoms in total. The first-order valence-corrected chi connectivity index (χ1v) is 9.55. The van der Waals surface area contributed by atoms with Crippen molar-refractivity contribution in [2.24, 2.45) is 23.0 Å². The lowest BCUT2D eigenvalue weighted by atomic mass is 9.46. The number of aliphatic hydroxyl groups is 1. The van der Waals surface area contributed by atoms with Gasteiger partial charge in [-0.1, -0.05) is 13.0 Å². The molecule has 2 amide bonds. The molecule has 0 spiro atoms. The van der Waals surface area contributed by atoms with E-state index >= 15 is 0 Å². The van der Waals surface area contributed by atoms with Crippen LogP contribution in [0.25, 0.3) is 0 Å². The molecule has 4 bridgehead atoms. The van der Waals surface area contributed by atoms with Gasteiger partial charge in [-0.25, -0.2) is 4.98 Å². The molecule has 1 aromatic rings. The van der Waals surface area contributed by atoms with E-state index in [-0.39, 0.29) is 29.9 Å². The van der Waals surface area contributed by atoms with E-state index in [2.05, 4.69) is 10.3 Å². The SMILES string of the molecule is CC(CO)c1cccc(C(=O)NC23CC4CC(C2)CC(C(N)=O)(C4)C3)n1. The molecule has 3 unspecified atom stereocenters. The average molecular weight is 357 g/mol. The van der Waals surface area contributed by atoms with Gasteiger partial charge in [-0.2, -0.15) is 0 Å². The summed E-state index contributed by atoms with van der Waals surface area (Å²) in [4.78, 5) is 29.5. The highest BCUT2D eigenvalue weighted by molar-refractivity contribution is 5.93. The zero-order valence-electron chi connectivity index (χ0n) is 15.2. The van der Waals surface area contributed by atoms with Crippen LogP contribution in [-0.2, 0) is 4.79 Å². The molecule has 3 atom stereocenters. The fourth-order valence-electron chi connectivity index (χ4n) is 5.95. The van der Waals surface area contributed by atoms with E-state index in [1.807, 2.05) is 13.0 Å².